The van der Waals surface area contributed by atoms with Gasteiger partial charge in [-0.15, -0.1) is 0 Å². The zero-order valence-corrected chi connectivity index (χ0v) is 20.3. The van der Waals surface area contributed by atoms with Crippen LogP contribution < -0.4 is 4.74 Å². The summed E-state index contributed by atoms with van der Waals surface area (Å²) in [4.78, 5) is 0. The standard InChI is InChI=1S/C30H22ClN3O2/c1-18-6-8-20(9-7-18)29-24-16-21(12-15-25(24)33-36-29)30-34-27(23-4-2-3-5-28(23)35-30)17-26(32-34)19-10-13-22(31)14-11-19/h2-16,27,30H,17H2,1H3/t27-,30+/m0/s1. The van der Waals surface area contributed by atoms with Gasteiger partial charge < -0.3 is 9.26 Å². The van der Waals surface area contributed by atoms with Gasteiger partial charge in [0, 0.05) is 28.1 Å². The van der Waals surface area contributed by atoms with E-state index in [2.05, 4.69) is 65.6 Å². The number of aromatic nitrogens is 1. The van der Waals surface area contributed by atoms with Crippen molar-refractivity contribution in [2.45, 2.75) is 25.6 Å². The third-order valence-corrected chi connectivity index (χ3v) is 7.23. The Morgan fingerprint density at radius 3 is 2.50 bits per heavy atom. The summed E-state index contributed by atoms with van der Waals surface area (Å²) in [5, 5.41) is 13.1. The Balaban J connectivity index is 1.33. The van der Waals surface area contributed by atoms with Crippen molar-refractivity contribution < 1.29 is 9.26 Å². The topological polar surface area (TPSA) is 50.9 Å². The van der Waals surface area contributed by atoms with Crippen molar-refractivity contribution in [2.75, 3.05) is 0 Å². The molecule has 0 unspecified atom stereocenters. The van der Waals surface area contributed by atoms with Gasteiger partial charge in [-0.3, -0.25) is 0 Å². The van der Waals surface area contributed by atoms with Gasteiger partial charge in [-0.05, 0) is 42.8 Å². The quantitative estimate of drug-likeness (QED) is 0.259. The van der Waals surface area contributed by atoms with E-state index in [0.717, 1.165) is 56.8 Å². The number of ether oxygens (including phenoxy) is 1. The Bertz CT molecular complexity index is 1620. The molecule has 176 valence electrons. The van der Waals surface area contributed by atoms with E-state index in [-0.39, 0.29) is 12.3 Å². The summed E-state index contributed by atoms with van der Waals surface area (Å²) in [6.45, 7) is 2.07. The van der Waals surface area contributed by atoms with Crippen LogP contribution in [0, 0.1) is 6.92 Å². The zero-order valence-electron chi connectivity index (χ0n) is 19.6. The normalized spacial score (nSPS) is 18.5. The van der Waals surface area contributed by atoms with Gasteiger partial charge in [0.05, 0.1) is 17.1 Å². The molecule has 3 heterocycles. The molecule has 0 aliphatic carbocycles. The maximum absolute atomic E-state index is 6.57. The maximum atomic E-state index is 6.57. The lowest BCUT2D eigenvalue weighted by Gasteiger charge is -2.38. The first kappa shape index (κ1) is 21.2. The van der Waals surface area contributed by atoms with Gasteiger partial charge in [0.15, 0.2) is 5.76 Å². The smallest absolute Gasteiger partial charge is 0.213 e. The molecule has 0 amide bonds. The molecule has 7 rings (SSSR count). The molecule has 2 aliphatic rings. The predicted molar refractivity (Wildman–Crippen MR) is 141 cm³/mol. The van der Waals surface area contributed by atoms with Crippen molar-refractivity contribution in [3.05, 3.63) is 118 Å². The molecule has 0 spiro atoms. The van der Waals surface area contributed by atoms with Crippen LogP contribution in [0.25, 0.3) is 22.2 Å². The van der Waals surface area contributed by atoms with Gasteiger partial charge in [0.1, 0.15) is 11.3 Å². The fraction of sp³-hybridized carbons (Fsp3) is 0.133. The molecular formula is C30H22ClN3O2. The molecular weight excluding hydrogens is 470 g/mol. The van der Waals surface area contributed by atoms with Gasteiger partial charge in [-0.25, -0.2) is 5.01 Å². The van der Waals surface area contributed by atoms with E-state index in [4.69, 9.17) is 26.0 Å². The number of rotatable bonds is 3. The third-order valence-electron chi connectivity index (χ3n) is 6.98. The Hall–Kier alpha value is -4.09. The number of halogens is 1. The number of nitrogens with zero attached hydrogens (tertiary/aromatic N) is 3. The summed E-state index contributed by atoms with van der Waals surface area (Å²) < 4.78 is 12.3. The van der Waals surface area contributed by atoms with E-state index in [1.807, 2.05) is 42.5 Å². The fourth-order valence-electron chi connectivity index (χ4n) is 5.10. The SMILES string of the molecule is Cc1ccc(-c2onc3ccc([C@H]4Oc5ccccc5[C@@H]5CC(c6ccc(Cl)cc6)=NN45)cc23)cc1. The highest BCUT2D eigenvalue weighted by atomic mass is 35.5. The first-order valence-corrected chi connectivity index (χ1v) is 12.4. The van der Waals surface area contributed by atoms with Crippen LogP contribution in [-0.2, 0) is 0 Å². The molecule has 0 bridgehead atoms. The molecule has 5 nitrogen and oxygen atoms in total. The number of benzene rings is 4. The van der Waals surface area contributed by atoms with E-state index >= 15 is 0 Å². The van der Waals surface area contributed by atoms with Crippen LogP contribution in [0.3, 0.4) is 0 Å². The highest BCUT2D eigenvalue weighted by Crippen LogP contribution is 2.48. The van der Waals surface area contributed by atoms with Crippen LogP contribution in [0.5, 0.6) is 5.75 Å². The van der Waals surface area contributed by atoms with Gasteiger partial charge in [-0.2, -0.15) is 5.10 Å². The summed E-state index contributed by atoms with van der Waals surface area (Å²) in [5.74, 6) is 1.65. The molecule has 2 aliphatic heterocycles. The number of hydrogen-bond acceptors (Lipinski definition) is 5. The van der Waals surface area contributed by atoms with Crippen molar-refractivity contribution in [2.24, 2.45) is 5.10 Å². The largest absolute Gasteiger partial charge is 0.464 e. The Labute approximate surface area is 213 Å². The van der Waals surface area contributed by atoms with Crippen LogP contribution in [0.4, 0.5) is 0 Å². The molecule has 0 radical (unpaired) electrons. The van der Waals surface area contributed by atoms with Gasteiger partial charge in [0.2, 0.25) is 6.23 Å². The molecule has 6 heteroatoms. The number of hydrazone groups is 1. The van der Waals surface area contributed by atoms with Crippen molar-refractivity contribution >= 4 is 28.2 Å². The summed E-state index contributed by atoms with van der Waals surface area (Å²) >= 11 is 6.13. The van der Waals surface area contributed by atoms with E-state index in [0.29, 0.717) is 5.02 Å². The number of hydrogen-bond donors (Lipinski definition) is 0. The molecule has 0 saturated heterocycles. The second-order valence-corrected chi connectivity index (χ2v) is 9.75. The van der Waals surface area contributed by atoms with Crippen molar-refractivity contribution in [3.63, 3.8) is 0 Å². The summed E-state index contributed by atoms with van der Waals surface area (Å²) in [7, 11) is 0. The minimum atomic E-state index is -0.375. The van der Waals surface area contributed by atoms with E-state index in [9.17, 15) is 0 Å². The third kappa shape index (κ3) is 3.47. The Morgan fingerprint density at radius 2 is 1.67 bits per heavy atom. The average Bonchev–Trinajstić information content (AvgIpc) is 3.54. The van der Waals surface area contributed by atoms with Gasteiger partial charge >= 0.3 is 0 Å². The van der Waals surface area contributed by atoms with E-state index in [1.54, 1.807) is 0 Å². The average molecular weight is 492 g/mol. The van der Waals surface area contributed by atoms with Gasteiger partial charge in [0.25, 0.3) is 0 Å². The Kier molecular flexibility index (Phi) is 4.86. The van der Waals surface area contributed by atoms with Crippen LogP contribution in [-0.4, -0.2) is 15.9 Å². The number of fused-ring (bicyclic) bond motifs is 4. The minimum absolute atomic E-state index is 0.0837. The number of aryl methyl sites for hydroxylation is 1. The first-order chi connectivity index (χ1) is 17.6. The predicted octanol–water partition coefficient (Wildman–Crippen LogP) is 7.70. The fourth-order valence-corrected chi connectivity index (χ4v) is 5.22. The molecule has 0 fully saturated rings. The molecule has 1 aromatic heterocycles. The molecule has 0 saturated carbocycles. The number of para-hydroxylation sites is 1. The molecule has 0 N–H and O–H groups in total. The zero-order chi connectivity index (χ0) is 24.2. The highest BCUT2D eigenvalue weighted by molar-refractivity contribution is 6.30. The first-order valence-electron chi connectivity index (χ1n) is 12.0. The minimum Gasteiger partial charge on any atom is -0.464 e. The monoisotopic (exact) mass is 491 g/mol. The second kappa shape index (κ2) is 8.25. The van der Waals surface area contributed by atoms with E-state index < -0.39 is 0 Å². The summed E-state index contributed by atoms with van der Waals surface area (Å²) in [5.41, 5.74) is 7.25. The molecule has 2 atom stereocenters. The van der Waals surface area contributed by atoms with Crippen LogP contribution >= 0.6 is 11.6 Å². The molecule has 4 aromatic carbocycles. The lowest BCUT2D eigenvalue weighted by Crippen LogP contribution is -2.33. The second-order valence-electron chi connectivity index (χ2n) is 9.32. The summed E-state index contributed by atoms with van der Waals surface area (Å²) in [6.07, 6.45) is 0.419. The lowest BCUT2D eigenvalue weighted by molar-refractivity contribution is -0.0189. The molecule has 5 aromatic rings. The summed E-state index contributed by atoms with van der Waals surface area (Å²) in [6, 6.07) is 30.6. The van der Waals surface area contributed by atoms with Crippen molar-refractivity contribution in [1.82, 2.24) is 10.2 Å². The van der Waals surface area contributed by atoms with Crippen LogP contribution in [0.15, 0.2) is 101 Å². The lowest BCUT2D eigenvalue weighted by atomic mass is 9.95. The maximum Gasteiger partial charge on any atom is 0.213 e. The van der Waals surface area contributed by atoms with Crippen molar-refractivity contribution in [1.29, 1.82) is 0 Å². The van der Waals surface area contributed by atoms with E-state index in [1.165, 1.54) is 5.56 Å². The highest BCUT2D eigenvalue weighted by Gasteiger charge is 2.41. The van der Waals surface area contributed by atoms with Gasteiger partial charge in [-0.1, -0.05) is 83.0 Å². The van der Waals surface area contributed by atoms with Crippen LogP contribution in [0.1, 0.15) is 40.9 Å². The molecule has 36 heavy (non-hydrogen) atoms. The Morgan fingerprint density at radius 1 is 0.889 bits per heavy atom. The van der Waals surface area contributed by atoms with Crippen molar-refractivity contribution in [3.8, 4) is 17.1 Å². The van der Waals surface area contributed by atoms with Crippen LogP contribution in [0.2, 0.25) is 5.02 Å².